The summed E-state index contributed by atoms with van der Waals surface area (Å²) in [5.41, 5.74) is 1.08. The average molecular weight is 231 g/mol. The highest BCUT2D eigenvalue weighted by Crippen LogP contribution is 2.25. The molecular weight excluding hydrogens is 210 g/mol. The monoisotopic (exact) mass is 231 g/mol. The highest BCUT2D eigenvalue weighted by Gasteiger charge is 2.22. The van der Waals surface area contributed by atoms with E-state index in [-0.39, 0.29) is 11.4 Å². The summed E-state index contributed by atoms with van der Waals surface area (Å²) in [6, 6.07) is 10.3. The molecule has 2 heteroatoms. The molecular formula is C15H21NO. The van der Waals surface area contributed by atoms with Crippen LogP contribution in [-0.4, -0.2) is 11.4 Å². The van der Waals surface area contributed by atoms with Gasteiger partial charge in [0.25, 0.3) is 0 Å². The number of carbonyl (C=O) groups is 1. The van der Waals surface area contributed by atoms with Gasteiger partial charge in [-0.1, -0.05) is 43.8 Å². The SMILES string of the molecule is C=CC(=O)NC(C)(C)CC(C)c1ccccc1. The fourth-order valence-electron chi connectivity index (χ4n) is 2.10. The van der Waals surface area contributed by atoms with Gasteiger partial charge < -0.3 is 5.32 Å². The molecule has 1 rings (SSSR count). The van der Waals surface area contributed by atoms with Crippen LogP contribution in [0.5, 0.6) is 0 Å². The van der Waals surface area contributed by atoms with Gasteiger partial charge in [-0.3, -0.25) is 4.79 Å². The Balaban J connectivity index is 2.64. The molecule has 0 aliphatic carbocycles. The van der Waals surface area contributed by atoms with E-state index in [9.17, 15) is 4.79 Å². The first-order valence-corrected chi connectivity index (χ1v) is 5.94. The van der Waals surface area contributed by atoms with Gasteiger partial charge in [0, 0.05) is 5.54 Å². The third-order valence-corrected chi connectivity index (χ3v) is 2.83. The summed E-state index contributed by atoms with van der Waals surface area (Å²) in [4.78, 5) is 11.3. The number of nitrogens with one attached hydrogen (secondary N) is 1. The van der Waals surface area contributed by atoms with E-state index in [0.29, 0.717) is 5.92 Å². The van der Waals surface area contributed by atoms with Crippen molar-refractivity contribution in [1.82, 2.24) is 5.32 Å². The molecule has 0 bridgehead atoms. The fraction of sp³-hybridized carbons (Fsp3) is 0.400. The number of hydrogen-bond donors (Lipinski definition) is 1. The molecule has 1 aromatic carbocycles. The van der Waals surface area contributed by atoms with Crippen LogP contribution in [0.4, 0.5) is 0 Å². The molecule has 1 atom stereocenters. The van der Waals surface area contributed by atoms with Crippen LogP contribution >= 0.6 is 0 Å². The first kappa shape index (κ1) is 13.5. The Hall–Kier alpha value is -1.57. The molecule has 0 saturated carbocycles. The zero-order valence-electron chi connectivity index (χ0n) is 10.9. The Kier molecular flexibility index (Phi) is 4.50. The Morgan fingerprint density at radius 2 is 2.00 bits per heavy atom. The molecule has 1 aromatic rings. The van der Waals surface area contributed by atoms with Crippen LogP contribution < -0.4 is 5.32 Å². The molecule has 0 aromatic heterocycles. The third-order valence-electron chi connectivity index (χ3n) is 2.83. The molecule has 92 valence electrons. The predicted octanol–water partition coefficient (Wildman–Crippen LogP) is 3.26. The minimum atomic E-state index is -0.222. The summed E-state index contributed by atoms with van der Waals surface area (Å²) in [6.45, 7) is 9.72. The topological polar surface area (TPSA) is 29.1 Å². The van der Waals surface area contributed by atoms with Crippen molar-refractivity contribution >= 4 is 5.91 Å². The van der Waals surface area contributed by atoms with Gasteiger partial charge in [-0.15, -0.1) is 0 Å². The summed E-state index contributed by atoms with van der Waals surface area (Å²) in [7, 11) is 0. The molecule has 1 unspecified atom stereocenters. The van der Waals surface area contributed by atoms with Gasteiger partial charge >= 0.3 is 0 Å². The van der Waals surface area contributed by atoms with Crippen molar-refractivity contribution in [3.8, 4) is 0 Å². The van der Waals surface area contributed by atoms with Crippen molar-refractivity contribution in [2.45, 2.75) is 38.6 Å². The first-order valence-electron chi connectivity index (χ1n) is 5.94. The second-order valence-electron chi connectivity index (χ2n) is 5.09. The molecule has 0 fully saturated rings. The van der Waals surface area contributed by atoms with Gasteiger partial charge in [-0.25, -0.2) is 0 Å². The fourth-order valence-corrected chi connectivity index (χ4v) is 2.10. The molecule has 1 N–H and O–H groups in total. The van der Waals surface area contributed by atoms with Crippen LogP contribution in [0.25, 0.3) is 0 Å². The number of carbonyl (C=O) groups excluding carboxylic acids is 1. The minimum absolute atomic E-state index is 0.115. The summed E-state index contributed by atoms with van der Waals surface area (Å²) in [5.74, 6) is 0.298. The molecule has 0 saturated heterocycles. The van der Waals surface area contributed by atoms with Gasteiger partial charge in [0.2, 0.25) is 5.91 Å². The van der Waals surface area contributed by atoms with Crippen molar-refractivity contribution in [2.24, 2.45) is 0 Å². The van der Waals surface area contributed by atoms with Crippen molar-refractivity contribution in [2.75, 3.05) is 0 Å². The summed E-state index contributed by atoms with van der Waals surface area (Å²) >= 11 is 0. The summed E-state index contributed by atoms with van der Waals surface area (Å²) < 4.78 is 0. The second-order valence-corrected chi connectivity index (χ2v) is 5.09. The first-order chi connectivity index (χ1) is 7.94. The zero-order chi connectivity index (χ0) is 12.9. The Labute approximate surface area is 104 Å². The minimum Gasteiger partial charge on any atom is -0.348 e. The standard InChI is InChI=1S/C15H21NO/c1-5-14(17)16-15(3,4)11-12(2)13-9-7-6-8-10-13/h5-10,12H,1,11H2,2-4H3,(H,16,17). The van der Waals surface area contributed by atoms with E-state index in [0.717, 1.165) is 6.42 Å². The maximum Gasteiger partial charge on any atom is 0.243 e. The zero-order valence-corrected chi connectivity index (χ0v) is 10.9. The lowest BCUT2D eigenvalue weighted by molar-refractivity contribution is -0.118. The van der Waals surface area contributed by atoms with Crippen LogP contribution in [0.2, 0.25) is 0 Å². The van der Waals surface area contributed by atoms with E-state index in [1.54, 1.807) is 0 Å². The van der Waals surface area contributed by atoms with Crippen LogP contribution in [0.3, 0.4) is 0 Å². The number of rotatable bonds is 5. The lowest BCUT2D eigenvalue weighted by Gasteiger charge is -2.29. The molecule has 1 amide bonds. The van der Waals surface area contributed by atoms with Crippen molar-refractivity contribution < 1.29 is 4.79 Å². The van der Waals surface area contributed by atoms with Crippen molar-refractivity contribution in [1.29, 1.82) is 0 Å². The molecule has 0 radical (unpaired) electrons. The van der Waals surface area contributed by atoms with Gasteiger partial charge in [0.1, 0.15) is 0 Å². The second kappa shape index (κ2) is 5.67. The maximum absolute atomic E-state index is 11.3. The van der Waals surface area contributed by atoms with Gasteiger partial charge in [-0.2, -0.15) is 0 Å². The van der Waals surface area contributed by atoms with Crippen molar-refractivity contribution in [3.63, 3.8) is 0 Å². The average Bonchev–Trinajstić information content (AvgIpc) is 2.28. The lowest BCUT2D eigenvalue weighted by Crippen LogP contribution is -2.43. The molecule has 0 spiro atoms. The molecule has 17 heavy (non-hydrogen) atoms. The summed E-state index contributed by atoms with van der Waals surface area (Å²) in [5, 5.41) is 2.95. The quantitative estimate of drug-likeness (QED) is 0.774. The highest BCUT2D eigenvalue weighted by atomic mass is 16.1. The normalized spacial score (nSPS) is 12.9. The predicted molar refractivity (Wildman–Crippen MR) is 71.9 cm³/mol. The number of amides is 1. The molecule has 0 heterocycles. The lowest BCUT2D eigenvalue weighted by atomic mass is 9.87. The number of hydrogen-bond acceptors (Lipinski definition) is 1. The van der Waals surface area contributed by atoms with Crippen LogP contribution in [-0.2, 0) is 4.79 Å². The van der Waals surface area contributed by atoms with E-state index in [1.165, 1.54) is 11.6 Å². The smallest absolute Gasteiger partial charge is 0.243 e. The number of benzene rings is 1. The van der Waals surface area contributed by atoms with E-state index in [2.05, 4.69) is 31.0 Å². The highest BCUT2D eigenvalue weighted by molar-refractivity contribution is 5.87. The Morgan fingerprint density at radius 3 is 2.53 bits per heavy atom. The van der Waals surface area contributed by atoms with E-state index >= 15 is 0 Å². The van der Waals surface area contributed by atoms with E-state index in [4.69, 9.17) is 0 Å². The largest absolute Gasteiger partial charge is 0.348 e. The van der Waals surface area contributed by atoms with Gasteiger partial charge in [0.05, 0.1) is 0 Å². The van der Waals surface area contributed by atoms with E-state index < -0.39 is 0 Å². The third kappa shape index (κ3) is 4.43. The van der Waals surface area contributed by atoms with E-state index in [1.807, 2.05) is 32.0 Å². The molecule has 2 nitrogen and oxygen atoms in total. The van der Waals surface area contributed by atoms with Crippen LogP contribution in [0, 0.1) is 0 Å². The Morgan fingerprint density at radius 1 is 1.41 bits per heavy atom. The summed E-state index contributed by atoms with van der Waals surface area (Å²) in [6.07, 6.45) is 2.21. The molecule has 0 aliphatic rings. The van der Waals surface area contributed by atoms with Crippen LogP contribution in [0.15, 0.2) is 43.0 Å². The van der Waals surface area contributed by atoms with Crippen LogP contribution in [0.1, 0.15) is 38.7 Å². The van der Waals surface area contributed by atoms with Crippen molar-refractivity contribution in [3.05, 3.63) is 48.6 Å². The van der Waals surface area contributed by atoms with Gasteiger partial charge in [0.15, 0.2) is 0 Å². The van der Waals surface area contributed by atoms with Gasteiger partial charge in [-0.05, 0) is 37.8 Å². The molecule has 0 aliphatic heterocycles. The maximum atomic E-state index is 11.3. The Bertz CT molecular complexity index is 381.